The van der Waals surface area contributed by atoms with E-state index in [9.17, 15) is 0 Å². The number of rotatable bonds is 3. The van der Waals surface area contributed by atoms with Crippen LogP contribution in [0.25, 0.3) is 0 Å². The lowest BCUT2D eigenvalue weighted by molar-refractivity contribution is 1.28. The molecule has 0 unspecified atom stereocenters. The van der Waals surface area contributed by atoms with Crippen LogP contribution in [0.5, 0.6) is 0 Å². The number of benzene rings is 1. The van der Waals surface area contributed by atoms with Crippen LogP contribution in [0.2, 0.25) is 0 Å². The molecule has 0 aromatic heterocycles. The number of allylic oxidation sites excluding steroid dienone is 1. The third-order valence-corrected chi connectivity index (χ3v) is 3.35. The van der Waals surface area contributed by atoms with Gasteiger partial charge in [0.1, 0.15) is 0 Å². The minimum atomic E-state index is 0.886. The topological polar surface area (TPSA) is 12.0 Å². The molecular weight excluding hydrogens is 238 g/mol. The molecule has 0 heterocycles. The highest BCUT2D eigenvalue weighted by Gasteiger charge is 2.00. The fraction of sp³-hybridized carbons (Fsp3) is 0.333. The Labute approximate surface area is 94.3 Å². The highest BCUT2D eigenvalue weighted by molar-refractivity contribution is 9.10. The van der Waals surface area contributed by atoms with Crippen molar-refractivity contribution in [2.45, 2.75) is 20.8 Å². The van der Waals surface area contributed by atoms with Crippen LogP contribution in [0.4, 0.5) is 5.69 Å². The highest BCUT2D eigenvalue weighted by Crippen LogP contribution is 2.24. The monoisotopic (exact) mass is 253 g/mol. The van der Waals surface area contributed by atoms with Gasteiger partial charge in [-0.1, -0.05) is 28.1 Å². The molecule has 0 saturated heterocycles. The van der Waals surface area contributed by atoms with E-state index in [2.05, 4.69) is 53.3 Å². The lowest BCUT2D eigenvalue weighted by Crippen LogP contribution is -1.99. The Morgan fingerprint density at radius 2 is 1.86 bits per heavy atom. The van der Waals surface area contributed by atoms with Gasteiger partial charge in [-0.3, -0.25) is 0 Å². The van der Waals surface area contributed by atoms with Crippen molar-refractivity contribution >= 4 is 21.6 Å². The SMILES string of the molecule is C/C=C/CNc1cc(C)c(Br)c(C)c1. The van der Waals surface area contributed by atoms with Gasteiger partial charge in [-0.2, -0.15) is 0 Å². The van der Waals surface area contributed by atoms with Crippen molar-refractivity contribution in [3.8, 4) is 0 Å². The van der Waals surface area contributed by atoms with Crippen LogP contribution < -0.4 is 5.32 Å². The van der Waals surface area contributed by atoms with Gasteiger partial charge in [-0.25, -0.2) is 0 Å². The average Bonchev–Trinajstić information content (AvgIpc) is 2.14. The van der Waals surface area contributed by atoms with Gasteiger partial charge in [0, 0.05) is 16.7 Å². The summed E-state index contributed by atoms with van der Waals surface area (Å²) in [5.41, 5.74) is 3.72. The Morgan fingerprint density at radius 1 is 1.29 bits per heavy atom. The Hall–Kier alpha value is -0.760. The van der Waals surface area contributed by atoms with Gasteiger partial charge in [0.15, 0.2) is 0 Å². The van der Waals surface area contributed by atoms with Crippen molar-refractivity contribution in [3.63, 3.8) is 0 Å². The maximum absolute atomic E-state index is 3.55. The van der Waals surface area contributed by atoms with E-state index in [1.165, 1.54) is 21.3 Å². The number of nitrogens with one attached hydrogen (secondary N) is 1. The summed E-state index contributed by atoms with van der Waals surface area (Å²) in [6.07, 6.45) is 4.15. The van der Waals surface area contributed by atoms with Crippen molar-refractivity contribution in [2.24, 2.45) is 0 Å². The molecule has 0 bridgehead atoms. The molecule has 0 saturated carbocycles. The molecule has 2 heteroatoms. The minimum absolute atomic E-state index is 0.886. The van der Waals surface area contributed by atoms with E-state index >= 15 is 0 Å². The van der Waals surface area contributed by atoms with Crippen molar-refractivity contribution in [1.29, 1.82) is 0 Å². The summed E-state index contributed by atoms with van der Waals surface area (Å²) in [5.74, 6) is 0. The number of anilines is 1. The molecule has 0 aliphatic heterocycles. The third-order valence-electron chi connectivity index (χ3n) is 2.10. The van der Waals surface area contributed by atoms with E-state index < -0.39 is 0 Å². The average molecular weight is 254 g/mol. The fourth-order valence-electron chi connectivity index (χ4n) is 1.34. The van der Waals surface area contributed by atoms with Crippen LogP contribution in [-0.2, 0) is 0 Å². The van der Waals surface area contributed by atoms with Crippen molar-refractivity contribution in [1.82, 2.24) is 0 Å². The molecule has 0 fully saturated rings. The lowest BCUT2D eigenvalue weighted by Gasteiger charge is -2.08. The molecule has 14 heavy (non-hydrogen) atoms. The molecule has 1 aromatic rings. The summed E-state index contributed by atoms with van der Waals surface area (Å²) in [7, 11) is 0. The lowest BCUT2D eigenvalue weighted by atomic mass is 10.1. The van der Waals surface area contributed by atoms with E-state index in [4.69, 9.17) is 0 Å². The van der Waals surface area contributed by atoms with Gasteiger partial charge in [0.05, 0.1) is 0 Å². The summed E-state index contributed by atoms with van der Waals surface area (Å²) in [4.78, 5) is 0. The van der Waals surface area contributed by atoms with Gasteiger partial charge < -0.3 is 5.32 Å². The molecule has 0 amide bonds. The van der Waals surface area contributed by atoms with E-state index in [1.54, 1.807) is 0 Å². The second kappa shape index (κ2) is 5.20. The predicted octanol–water partition coefficient (Wildman–Crippen LogP) is 4.05. The Balaban J connectivity index is 2.79. The smallest absolute Gasteiger partial charge is 0.0348 e. The van der Waals surface area contributed by atoms with Crippen LogP contribution in [0.15, 0.2) is 28.8 Å². The van der Waals surface area contributed by atoms with Crippen LogP contribution in [-0.4, -0.2) is 6.54 Å². The Bertz CT molecular complexity index is 319. The number of halogens is 1. The quantitative estimate of drug-likeness (QED) is 0.802. The van der Waals surface area contributed by atoms with Crippen LogP contribution in [0.1, 0.15) is 18.1 Å². The second-order valence-electron chi connectivity index (χ2n) is 3.37. The molecule has 0 atom stereocenters. The van der Waals surface area contributed by atoms with E-state index in [1.807, 2.05) is 13.0 Å². The molecule has 0 spiro atoms. The zero-order valence-electron chi connectivity index (χ0n) is 8.89. The standard InChI is InChI=1S/C12H16BrN/c1-4-5-6-14-11-7-9(2)12(13)10(3)8-11/h4-5,7-8,14H,6H2,1-3H3/b5-4+. The maximum Gasteiger partial charge on any atom is 0.0348 e. The first-order valence-corrected chi connectivity index (χ1v) is 5.56. The largest absolute Gasteiger partial charge is 0.382 e. The first-order valence-electron chi connectivity index (χ1n) is 4.77. The number of hydrogen-bond acceptors (Lipinski definition) is 1. The van der Waals surface area contributed by atoms with Crippen LogP contribution in [0, 0.1) is 13.8 Å². The normalized spacial score (nSPS) is 10.9. The van der Waals surface area contributed by atoms with Crippen LogP contribution in [0.3, 0.4) is 0 Å². The molecule has 76 valence electrons. The first kappa shape index (κ1) is 11.3. The van der Waals surface area contributed by atoms with Crippen molar-refractivity contribution < 1.29 is 0 Å². The van der Waals surface area contributed by atoms with E-state index in [-0.39, 0.29) is 0 Å². The predicted molar refractivity (Wildman–Crippen MR) is 66.9 cm³/mol. The maximum atomic E-state index is 3.55. The first-order chi connectivity index (χ1) is 6.65. The number of hydrogen-bond donors (Lipinski definition) is 1. The molecule has 0 aliphatic carbocycles. The Kier molecular flexibility index (Phi) is 4.21. The van der Waals surface area contributed by atoms with Gasteiger partial charge >= 0.3 is 0 Å². The molecule has 0 aliphatic rings. The third kappa shape index (κ3) is 2.88. The summed E-state index contributed by atoms with van der Waals surface area (Å²) < 4.78 is 1.20. The summed E-state index contributed by atoms with van der Waals surface area (Å²) in [6.45, 7) is 7.13. The molecular formula is C12H16BrN. The molecule has 1 nitrogen and oxygen atoms in total. The zero-order chi connectivity index (χ0) is 10.6. The molecule has 1 N–H and O–H groups in total. The van der Waals surface area contributed by atoms with Crippen LogP contribution >= 0.6 is 15.9 Å². The summed E-state index contributed by atoms with van der Waals surface area (Å²) >= 11 is 3.55. The van der Waals surface area contributed by atoms with Crippen molar-refractivity contribution in [3.05, 3.63) is 39.9 Å². The Morgan fingerprint density at radius 3 is 2.36 bits per heavy atom. The minimum Gasteiger partial charge on any atom is -0.382 e. The van der Waals surface area contributed by atoms with Gasteiger partial charge in [-0.05, 0) is 44.0 Å². The van der Waals surface area contributed by atoms with Crippen molar-refractivity contribution in [2.75, 3.05) is 11.9 Å². The highest BCUT2D eigenvalue weighted by atomic mass is 79.9. The molecule has 0 radical (unpaired) electrons. The summed E-state index contributed by atoms with van der Waals surface area (Å²) in [6, 6.07) is 4.31. The van der Waals surface area contributed by atoms with E-state index in [0.717, 1.165) is 6.54 Å². The van der Waals surface area contributed by atoms with Gasteiger partial charge in [-0.15, -0.1) is 0 Å². The zero-order valence-corrected chi connectivity index (χ0v) is 10.5. The fourth-order valence-corrected chi connectivity index (χ4v) is 1.57. The molecule has 1 rings (SSSR count). The van der Waals surface area contributed by atoms with E-state index in [0.29, 0.717) is 0 Å². The van der Waals surface area contributed by atoms with Gasteiger partial charge in [0.2, 0.25) is 0 Å². The number of aryl methyl sites for hydroxylation is 2. The summed E-state index contributed by atoms with van der Waals surface area (Å²) in [5, 5.41) is 3.35. The van der Waals surface area contributed by atoms with Gasteiger partial charge in [0.25, 0.3) is 0 Å². The molecule has 1 aromatic carbocycles. The second-order valence-corrected chi connectivity index (χ2v) is 4.17.